The molecule has 0 radical (unpaired) electrons. The van der Waals surface area contributed by atoms with E-state index in [1.54, 1.807) is 42.7 Å². The molecule has 1 aliphatic rings. The summed E-state index contributed by atoms with van der Waals surface area (Å²) >= 11 is 1.41. The fourth-order valence-electron chi connectivity index (χ4n) is 3.69. The number of rotatable bonds is 6. The number of hydrogen-bond acceptors (Lipinski definition) is 9. The molecule has 0 bridgehead atoms. The van der Waals surface area contributed by atoms with Crippen LogP contribution in [0.25, 0.3) is 0 Å². The van der Waals surface area contributed by atoms with E-state index in [9.17, 15) is 10.1 Å². The van der Waals surface area contributed by atoms with Crippen molar-refractivity contribution < 1.29 is 9.53 Å². The van der Waals surface area contributed by atoms with Crippen molar-refractivity contribution in [3.63, 3.8) is 0 Å². The van der Waals surface area contributed by atoms with Gasteiger partial charge in [0.05, 0.1) is 36.3 Å². The molecule has 0 aromatic carbocycles. The fraction of sp³-hybridized carbons (Fsp3) is 0.217. The number of hydrogen-bond donors (Lipinski definition) is 1. The van der Waals surface area contributed by atoms with Crippen LogP contribution in [0.15, 0.2) is 49.3 Å². The van der Waals surface area contributed by atoms with Gasteiger partial charge in [-0.15, -0.1) is 11.3 Å². The van der Waals surface area contributed by atoms with Gasteiger partial charge in [0.15, 0.2) is 5.75 Å². The van der Waals surface area contributed by atoms with Crippen molar-refractivity contribution in [3.8, 4) is 11.8 Å². The molecule has 0 atom stereocenters. The van der Waals surface area contributed by atoms with Crippen LogP contribution in [-0.4, -0.2) is 37.2 Å². The minimum absolute atomic E-state index is 0.287. The molecule has 0 aliphatic carbocycles. The number of pyridine rings is 1. The van der Waals surface area contributed by atoms with E-state index in [-0.39, 0.29) is 5.91 Å². The maximum atomic E-state index is 12.6. The number of carbonyl (C=O) groups excluding carboxylic acids is 1. The van der Waals surface area contributed by atoms with E-state index < -0.39 is 0 Å². The Hall–Kier alpha value is -4.30. The summed E-state index contributed by atoms with van der Waals surface area (Å²) in [4.78, 5) is 28.6. The van der Waals surface area contributed by atoms with Gasteiger partial charge in [-0.1, -0.05) is 6.07 Å². The second-order valence-corrected chi connectivity index (χ2v) is 8.82. The lowest BCUT2D eigenvalue weighted by atomic mass is 10.0. The van der Waals surface area contributed by atoms with Crippen molar-refractivity contribution in [1.29, 1.82) is 5.26 Å². The highest BCUT2D eigenvalue weighted by atomic mass is 32.1. The number of amides is 1. The number of aryl methyl sites for hydroxylation is 1. The third-order valence-corrected chi connectivity index (χ3v) is 6.52. The number of carbonyl (C=O) groups is 1. The number of nitriles is 1. The summed E-state index contributed by atoms with van der Waals surface area (Å²) in [6, 6.07) is 6.06. The Kier molecular flexibility index (Phi) is 5.88. The van der Waals surface area contributed by atoms with Gasteiger partial charge in [0.1, 0.15) is 17.7 Å². The van der Waals surface area contributed by atoms with Crippen LogP contribution in [0.3, 0.4) is 0 Å². The number of aromatic nitrogens is 5. The molecule has 0 fully saturated rings. The van der Waals surface area contributed by atoms with Crippen LogP contribution >= 0.6 is 11.3 Å². The van der Waals surface area contributed by atoms with Gasteiger partial charge >= 0.3 is 0 Å². The molecule has 10 nitrogen and oxygen atoms in total. The maximum Gasteiger partial charge on any atom is 0.259 e. The summed E-state index contributed by atoms with van der Waals surface area (Å²) in [5.41, 5.74) is 2.91. The first kappa shape index (κ1) is 21.5. The molecule has 0 saturated carbocycles. The topological polar surface area (TPSA) is 122 Å². The van der Waals surface area contributed by atoms with Gasteiger partial charge in [-0.2, -0.15) is 10.4 Å². The summed E-state index contributed by atoms with van der Waals surface area (Å²) in [7, 11) is 1.75. The molecule has 5 rings (SSSR count). The Bertz CT molecular complexity index is 1360. The van der Waals surface area contributed by atoms with Crippen LogP contribution in [0, 0.1) is 11.3 Å². The van der Waals surface area contributed by atoms with E-state index in [0.717, 1.165) is 16.0 Å². The lowest BCUT2D eigenvalue weighted by Gasteiger charge is -2.26. The van der Waals surface area contributed by atoms with Crippen LogP contribution in [0.5, 0.6) is 5.75 Å². The van der Waals surface area contributed by atoms with Crippen molar-refractivity contribution in [2.24, 2.45) is 7.05 Å². The highest BCUT2D eigenvalue weighted by molar-refractivity contribution is 7.16. The van der Waals surface area contributed by atoms with Crippen LogP contribution in [0.4, 0.5) is 10.9 Å². The Morgan fingerprint density at radius 1 is 1.29 bits per heavy atom. The predicted molar refractivity (Wildman–Crippen MR) is 126 cm³/mol. The normalized spacial score (nSPS) is 12.6. The van der Waals surface area contributed by atoms with E-state index in [4.69, 9.17) is 4.74 Å². The molecule has 1 N–H and O–H groups in total. The third-order valence-electron chi connectivity index (χ3n) is 5.39. The SMILES string of the molecule is Cn1cc(C(=O)Nc2sc3c(c2C#N)CCN(c2ncc(OCc4cccnc4)cn2)C3)cn1. The quantitative estimate of drug-likeness (QED) is 0.455. The Labute approximate surface area is 199 Å². The molecule has 4 aromatic rings. The zero-order chi connectivity index (χ0) is 23.5. The summed E-state index contributed by atoms with van der Waals surface area (Å²) < 4.78 is 7.30. The van der Waals surface area contributed by atoms with Crippen molar-refractivity contribution >= 4 is 28.2 Å². The number of nitrogens with zero attached hydrogens (tertiary/aromatic N) is 7. The van der Waals surface area contributed by atoms with E-state index in [2.05, 4.69) is 36.3 Å². The smallest absolute Gasteiger partial charge is 0.259 e. The van der Waals surface area contributed by atoms with Crippen LogP contribution in [0.1, 0.15) is 31.9 Å². The molecular weight excluding hydrogens is 452 g/mol. The van der Waals surface area contributed by atoms with Gasteiger partial charge in [-0.3, -0.25) is 14.5 Å². The first-order valence-corrected chi connectivity index (χ1v) is 11.4. The zero-order valence-corrected chi connectivity index (χ0v) is 19.1. The molecule has 0 saturated heterocycles. The van der Waals surface area contributed by atoms with Gasteiger partial charge < -0.3 is 15.0 Å². The molecule has 170 valence electrons. The third kappa shape index (κ3) is 4.44. The highest BCUT2D eigenvalue weighted by Crippen LogP contribution is 2.37. The lowest BCUT2D eigenvalue weighted by molar-refractivity contribution is 0.102. The first-order chi connectivity index (χ1) is 16.6. The van der Waals surface area contributed by atoms with E-state index in [1.807, 2.05) is 12.1 Å². The maximum absolute atomic E-state index is 12.6. The first-order valence-electron chi connectivity index (χ1n) is 10.5. The number of anilines is 2. The second kappa shape index (κ2) is 9.29. The van der Waals surface area contributed by atoms with E-state index in [1.165, 1.54) is 17.5 Å². The van der Waals surface area contributed by atoms with Crippen LogP contribution < -0.4 is 15.0 Å². The minimum atomic E-state index is -0.287. The monoisotopic (exact) mass is 472 g/mol. The minimum Gasteiger partial charge on any atom is -0.486 e. The molecule has 0 spiro atoms. The number of ether oxygens (including phenoxy) is 1. The van der Waals surface area contributed by atoms with Crippen LogP contribution in [0.2, 0.25) is 0 Å². The van der Waals surface area contributed by atoms with Gasteiger partial charge in [0.25, 0.3) is 5.91 Å². The van der Waals surface area contributed by atoms with Crippen molar-refractivity contribution in [1.82, 2.24) is 24.7 Å². The summed E-state index contributed by atoms with van der Waals surface area (Å²) in [6.45, 7) is 1.63. The average molecular weight is 473 g/mol. The predicted octanol–water partition coefficient (Wildman–Crippen LogP) is 2.93. The molecule has 1 amide bonds. The standard InChI is InChI=1S/C23H20N8O2S/c1-30-12-16(9-28-30)21(32)29-22-19(7-24)18-4-6-31(13-20(18)34-22)23-26-10-17(11-27-23)33-14-15-3-2-5-25-8-15/h2-3,5,8-12H,4,6,13-14H2,1H3,(H,29,32). The molecule has 5 heterocycles. The van der Waals surface area contributed by atoms with Gasteiger partial charge in [0.2, 0.25) is 5.95 Å². The van der Waals surface area contributed by atoms with Crippen molar-refractivity contribution in [2.45, 2.75) is 19.6 Å². The Morgan fingerprint density at radius 2 is 2.15 bits per heavy atom. The largest absolute Gasteiger partial charge is 0.486 e. The summed E-state index contributed by atoms with van der Waals surface area (Å²) in [6.07, 6.45) is 10.6. The molecule has 0 unspecified atom stereocenters. The highest BCUT2D eigenvalue weighted by Gasteiger charge is 2.26. The molecule has 34 heavy (non-hydrogen) atoms. The Balaban J connectivity index is 1.27. The number of thiophene rings is 1. The fourth-order valence-corrected chi connectivity index (χ4v) is 4.90. The second-order valence-electron chi connectivity index (χ2n) is 7.72. The molecule has 4 aromatic heterocycles. The zero-order valence-electron chi connectivity index (χ0n) is 18.3. The van der Waals surface area contributed by atoms with Crippen LogP contribution in [-0.2, 0) is 26.6 Å². The lowest BCUT2D eigenvalue weighted by Crippen LogP contribution is -2.31. The summed E-state index contributed by atoms with van der Waals surface area (Å²) in [5, 5.41) is 17.2. The van der Waals surface area contributed by atoms with Gasteiger partial charge in [-0.05, 0) is 18.1 Å². The van der Waals surface area contributed by atoms with E-state index >= 15 is 0 Å². The van der Waals surface area contributed by atoms with Gasteiger partial charge in [0, 0.05) is 42.6 Å². The Morgan fingerprint density at radius 3 is 2.85 bits per heavy atom. The number of fused-ring (bicyclic) bond motifs is 1. The molecule has 1 aliphatic heterocycles. The summed E-state index contributed by atoms with van der Waals surface area (Å²) in [5.74, 6) is 0.881. The van der Waals surface area contributed by atoms with Crippen molar-refractivity contribution in [3.05, 3.63) is 76.4 Å². The van der Waals surface area contributed by atoms with Gasteiger partial charge in [-0.25, -0.2) is 9.97 Å². The van der Waals surface area contributed by atoms with Crippen molar-refractivity contribution in [2.75, 3.05) is 16.8 Å². The average Bonchev–Trinajstić information content (AvgIpc) is 3.46. The molecular formula is C23H20N8O2S. The molecule has 11 heteroatoms. The number of nitrogens with one attached hydrogen (secondary N) is 1. The van der Waals surface area contributed by atoms with E-state index in [0.29, 0.717) is 53.9 Å².